The normalized spacial score (nSPS) is 8.42. The number of carboxylic acids is 3. The van der Waals surface area contributed by atoms with Crippen LogP contribution in [-0.2, 0) is 55.0 Å². The first kappa shape index (κ1) is 39.7. The second kappa shape index (κ2) is 30.5. The summed E-state index contributed by atoms with van der Waals surface area (Å²) < 4.78 is 0. The van der Waals surface area contributed by atoms with Gasteiger partial charge in [-0.15, -0.1) is 0 Å². The van der Waals surface area contributed by atoms with Crippen LogP contribution < -0.4 is 15.3 Å². The van der Waals surface area contributed by atoms with Gasteiger partial charge in [0.15, 0.2) is 0 Å². The number of carbonyl (C=O) groups excluding carboxylic acids is 6. The summed E-state index contributed by atoms with van der Waals surface area (Å²) in [4.78, 5) is 60.6. The van der Waals surface area contributed by atoms with E-state index in [1.807, 2.05) is 20.8 Å². The molecule has 0 aliphatic carbocycles. The molecule has 0 saturated carbocycles. The number of aliphatic carboxylic acids is 3. The maximum Gasteiger partial charge on any atom is 3.00 e. The number of rotatable bonds is 12. The fraction of sp³-hybridized carbons (Fsp3) is 0.700. The van der Waals surface area contributed by atoms with Gasteiger partial charge in [-0.05, 0) is 26.2 Å². The van der Waals surface area contributed by atoms with E-state index in [9.17, 15) is 44.1 Å². The van der Waals surface area contributed by atoms with Crippen LogP contribution in [0.2, 0.25) is 0 Å². The van der Waals surface area contributed by atoms with Gasteiger partial charge in [0.05, 0.1) is 0 Å². The van der Waals surface area contributed by atoms with Crippen LogP contribution in [0.5, 0.6) is 0 Å². The second-order valence-corrected chi connectivity index (χ2v) is 5.83. The van der Waals surface area contributed by atoms with Crippen molar-refractivity contribution in [1.29, 1.82) is 0 Å². The van der Waals surface area contributed by atoms with Gasteiger partial charge in [0.1, 0.15) is 17.3 Å². The molecule has 0 aromatic carbocycles. The number of aliphatic hydroxyl groups excluding tert-OH is 1. The van der Waals surface area contributed by atoms with Crippen LogP contribution in [0.1, 0.15) is 85.5 Å². The van der Waals surface area contributed by atoms with Crippen molar-refractivity contribution in [3.05, 3.63) is 0 Å². The van der Waals surface area contributed by atoms with Gasteiger partial charge in [-0.3, -0.25) is 14.4 Å². The fourth-order valence-electron chi connectivity index (χ4n) is 1.58. The van der Waals surface area contributed by atoms with Crippen molar-refractivity contribution in [2.45, 2.75) is 85.5 Å². The Kier molecular flexibility index (Phi) is 39.0. The van der Waals surface area contributed by atoms with E-state index in [0.29, 0.717) is 38.5 Å². The molecule has 0 amide bonds. The maximum atomic E-state index is 10.4. The zero-order valence-electron chi connectivity index (χ0n) is 18.7. The molecular formula is C20H33O10Zr. The zero-order valence-corrected chi connectivity index (χ0v) is 21.2. The van der Waals surface area contributed by atoms with Crippen molar-refractivity contribution in [3.63, 3.8) is 0 Å². The second-order valence-electron chi connectivity index (χ2n) is 5.83. The average molecular weight is 525 g/mol. The topological polar surface area (TPSA) is 192 Å². The molecule has 0 heterocycles. The Hall–Kier alpha value is -1.74. The van der Waals surface area contributed by atoms with Crippen LogP contribution in [0.4, 0.5) is 0 Å². The van der Waals surface area contributed by atoms with Gasteiger partial charge >= 0.3 is 26.2 Å². The molecule has 0 saturated heterocycles. The molecule has 31 heavy (non-hydrogen) atoms. The van der Waals surface area contributed by atoms with Crippen molar-refractivity contribution in [3.8, 4) is 0 Å². The third-order valence-electron chi connectivity index (χ3n) is 2.61. The molecule has 1 radical (unpaired) electrons. The summed E-state index contributed by atoms with van der Waals surface area (Å²) in [6, 6.07) is 0. The first-order valence-corrected chi connectivity index (χ1v) is 9.66. The first-order chi connectivity index (χ1) is 13.9. The molecule has 0 fully saturated rings. The fourth-order valence-corrected chi connectivity index (χ4v) is 1.58. The molecule has 0 aliphatic rings. The molecule has 0 atom stereocenters. The number of hydrogen-bond acceptors (Lipinski definition) is 10. The quantitative estimate of drug-likeness (QED) is 0.293. The van der Waals surface area contributed by atoms with Gasteiger partial charge in [0, 0.05) is 63.0 Å². The van der Waals surface area contributed by atoms with Gasteiger partial charge in [0.25, 0.3) is 0 Å². The van der Waals surface area contributed by atoms with E-state index in [1.165, 1.54) is 0 Å². The molecule has 0 unspecified atom stereocenters. The van der Waals surface area contributed by atoms with Crippen LogP contribution in [0.25, 0.3) is 0 Å². The van der Waals surface area contributed by atoms with E-state index in [0.717, 1.165) is 0 Å². The zero-order chi connectivity index (χ0) is 24.5. The standard InChI is InChI=1S/3C6H10O3.C2H6O.Zr/c3*1-2-3-5(7)4-6(8)9;1-2-3;/h3*2-4H2,1H3,(H,8,9);3H,2H2,1H3;/q;;;;+3/p-3. The minimum atomic E-state index is -1.28. The summed E-state index contributed by atoms with van der Waals surface area (Å²) in [6.45, 7) is 7.41. The molecule has 11 heteroatoms. The molecule has 0 aliphatic heterocycles. The number of carbonyl (C=O) groups is 6. The van der Waals surface area contributed by atoms with Crippen molar-refractivity contribution in [2.75, 3.05) is 6.61 Å². The summed E-state index contributed by atoms with van der Waals surface area (Å²) in [5, 5.41) is 36.8. The Balaban J connectivity index is -0.000000101. The molecule has 0 aromatic rings. The van der Waals surface area contributed by atoms with Crippen molar-refractivity contribution >= 4 is 35.3 Å². The number of carboxylic acid groups (broad SMARTS) is 3. The third-order valence-corrected chi connectivity index (χ3v) is 2.61. The largest absolute Gasteiger partial charge is 3.00 e. The predicted molar refractivity (Wildman–Crippen MR) is 101 cm³/mol. The third kappa shape index (κ3) is 52.5. The van der Waals surface area contributed by atoms with E-state index < -0.39 is 37.2 Å². The Morgan fingerprint density at radius 3 is 0.806 bits per heavy atom. The molecule has 1 N–H and O–H groups in total. The monoisotopic (exact) mass is 523 g/mol. The molecule has 0 aromatic heterocycles. The van der Waals surface area contributed by atoms with Crippen molar-refractivity contribution < 1.29 is 75.4 Å². The minimum absolute atomic E-state index is 0. The van der Waals surface area contributed by atoms with Gasteiger partial charge in [-0.2, -0.15) is 0 Å². The number of hydrogen-bond donors (Lipinski definition) is 1. The Labute approximate surface area is 202 Å². The van der Waals surface area contributed by atoms with Crippen LogP contribution >= 0.6 is 0 Å². The molecule has 0 spiro atoms. The summed E-state index contributed by atoms with van der Waals surface area (Å²) in [7, 11) is 0. The molecule has 0 bridgehead atoms. The summed E-state index contributed by atoms with van der Waals surface area (Å²) in [6.07, 6.45) is 1.82. The summed E-state index contributed by atoms with van der Waals surface area (Å²) in [5.74, 6) is -4.61. The van der Waals surface area contributed by atoms with Crippen LogP contribution in [0, 0.1) is 0 Å². The molecule has 177 valence electrons. The van der Waals surface area contributed by atoms with Crippen molar-refractivity contribution in [1.82, 2.24) is 0 Å². The molecule has 0 rings (SSSR count). The van der Waals surface area contributed by atoms with Gasteiger partial charge in [0.2, 0.25) is 0 Å². The number of ketones is 3. The molecule has 10 nitrogen and oxygen atoms in total. The Morgan fingerprint density at radius 2 is 0.710 bits per heavy atom. The SMILES string of the molecule is CCCC(=O)CC(=O)[O-].CCCC(=O)CC(=O)[O-].CCCC(=O)CC(=O)[O-].CCO.[Zr+3]. The summed E-state index contributed by atoms with van der Waals surface area (Å²) in [5.41, 5.74) is 0. The average Bonchev–Trinajstić information content (AvgIpc) is 2.55. The number of Topliss-reactive ketones (excluding diaryl/α,β-unsaturated/α-hetero) is 3. The van der Waals surface area contributed by atoms with Crippen molar-refractivity contribution in [2.24, 2.45) is 0 Å². The Bertz CT molecular complexity index is 447. The summed E-state index contributed by atoms with van der Waals surface area (Å²) >= 11 is 0. The van der Waals surface area contributed by atoms with Gasteiger partial charge < -0.3 is 34.8 Å². The van der Waals surface area contributed by atoms with E-state index in [4.69, 9.17) is 5.11 Å². The maximum absolute atomic E-state index is 10.4. The van der Waals surface area contributed by atoms with E-state index >= 15 is 0 Å². The van der Waals surface area contributed by atoms with E-state index in [2.05, 4.69) is 0 Å². The van der Waals surface area contributed by atoms with Crippen LogP contribution in [0.3, 0.4) is 0 Å². The first-order valence-electron chi connectivity index (χ1n) is 9.66. The van der Waals surface area contributed by atoms with Crippen LogP contribution in [0.15, 0.2) is 0 Å². The van der Waals surface area contributed by atoms with E-state index in [-0.39, 0.29) is 50.2 Å². The molecular weight excluding hydrogens is 491 g/mol. The number of aliphatic hydroxyl groups is 1. The predicted octanol–water partition coefficient (Wildman–Crippen LogP) is -1.52. The van der Waals surface area contributed by atoms with Gasteiger partial charge in [-0.25, -0.2) is 0 Å². The minimum Gasteiger partial charge on any atom is -0.550 e. The van der Waals surface area contributed by atoms with Gasteiger partial charge in [-0.1, -0.05) is 20.8 Å². The smallest absolute Gasteiger partial charge is 0.550 e. The Morgan fingerprint density at radius 1 is 0.548 bits per heavy atom. The van der Waals surface area contributed by atoms with E-state index in [1.54, 1.807) is 6.92 Å². The van der Waals surface area contributed by atoms with Crippen LogP contribution in [-0.4, -0.2) is 47.0 Å².